The standard InChI is InChI=1S/C18H13BrCl2N2O4S2/c19-13-5-7-17(18(10-13)28(22,24)25)23-29(26,27)14-3-1-2-11(8-14)12-4-6-15(20)16(21)9-12/h1-10,23H,(H2,22,24,25). The molecule has 0 bridgehead atoms. The fraction of sp³-hybridized carbons (Fsp3) is 0. The van der Waals surface area contributed by atoms with Gasteiger partial charge >= 0.3 is 0 Å². The number of benzene rings is 3. The van der Waals surface area contributed by atoms with Gasteiger partial charge in [0.15, 0.2) is 0 Å². The van der Waals surface area contributed by atoms with Gasteiger partial charge in [-0.25, -0.2) is 22.0 Å². The van der Waals surface area contributed by atoms with Gasteiger partial charge in [-0.3, -0.25) is 4.72 Å². The van der Waals surface area contributed by atoms with Crippen LogP contribution in [-0.2, 0) is 20.0 Å². The Bertz CT molecular complexity index is 1310. The van der Waals surface area contributed by atoms with Gasteiger partial charge in [-0.1, -0.05) is 57.3 Å². The fourth-order valence-electron chi connectivity index (χ4n) is 2.54. The molecule has 0 heterocycles. The van der Waals surface area contributed by atoms with E-state index in [-0.39, 0.29) is 15.5 Å². The Morgan fingerprint density at radius 1 is 0.828 bits per heavy atom. The van der Waals surface area contributed by atoms with Gasteiger partial charge in [0.2, 0.25) is 10.0 Å². The molecule has 0 radical (unpaired) electrons. The van der Waals surface area contributed by atoms with E-state index in [1.165, 1.54) is 30.3 Å². The van der Waals surface area contributed by atoms with Crippen LogP contribution in [0.15, 0.2) is 74.9 Å². The predicted molar refractivity (Wildman–Crippen MR) is 118 cm³/mol. The molecule has 152 valence electrons. The molecule has 0 aliphatic carbocycles. The third kappa shape index (κ3) is 5.11. The van der Waals surface area contributed by atoms with Gasteiger partial charge in [0.1, 0.15) is 4.90 Å². The molecule has 3 rings (SSSR count). The van der Waals surface area contributed by atoms with Crippen LogP contribution in [0.4, 0.5) is 5.69 Å². The first-order valence-electron chi connectivity index (χ1n) is 7.88. The summed E-state index contributed by atoms with van der Waals surface area (Å²) < 4.78 is 52.1. The molecule has 0 spiro atoms. The van der Waals surface area contributed by atoms with Gasteiger partial charge in [0.25, 0.3) is 10.0 Å². The van der Waals surface area contributed by atoms with Crippen molar-refractivity contribution in [1.82, 2.24) is 0 Å². The Kier molecular flexibility index (Phi) is 6.28. The summed E-state index contributed by atoms with van der Waals surface area (Å²) in [5.41, 5.74) is 1.11. The predicted octanol–water partition coefficient (Wildman–Crippen LogP) is 4.87. The highest BCUT2D eigenvalue weighted by Gasteiger charge is 2.21. The number of sulfonamides is 2. The Morgan fingerprint density at radius 2 is 1.52 bits per heavy atom. The van der Waals surface area contributed by atoms with Crippen molar-refractivity contribution < 1.29 is 16.8 Å². The van der Waals surface area contributed by atoms with Crippen molar-refractivity contribution >= 4 is 64.9 Å². The SMILES string of the molecule is NS(=O)(=O)c1cc(Br)ccc1NS(=O)(=O)c1cccc(-c2ccc(Cl)c(Cl)c2)c1. The molecule has 0 aliphatic rings. The molecule has 0 amide bonds. The van der Waals surface area contributed by atoms with Gasteiger partial charge in [-0.2, -0.15) is 0 Å². The Balaban J connectivity index is 2.03. The average Bonchev–Trinajstić information content (AvgIpc) is 2.64. The average molecular weight is 536 g/mol. The Hall–Kier alpha value is -1.62. The normalized spacial score (nSPS) is 12.0. The van der Waals surface area contributed by atoms with E-state index in [0.717, 1.165) is 0 Å². The molecule has 0 fully saturated rings. The smallest absolute Gasteiger partial charge is 0.261 e. The minimum absolute atomic E-state index is 0.0654. The van der Waals surface area contributed by atoms with Crippen LogP contribution < -0.4 is 9.86 Å². The first kappa shape index (κ1) is 22.1. The maximum Gasteiger partial charge on any atom is 0.261 e. The number of nitrogens with two attached hydrogens (primary N) is 1. The van der Waals surface area contributed by atoms with Crippen molar-refractivity contribution in [2.24, 2.45) is 5.14 Å². The fourth-order valence-corrected chi connectivity index (χ4v) is 5.26. The molecular formula is C18H13BrCl2N2O4S2. The van der Waals surface area contributed by atoms with E-state index < -0.39 is 20.0 Å². The molecule has 3 N–H and O–H groups in total. The van der Waals surface area contributed by atoms with E-state index in [9.17, 15) is 16.8 Å². The van der Waals surface area contributed by atoms with E-state index >= 15 is 0 Å². The second-order valence-electron chi connectivity index (χ2n) is 5.95. The molecule has 6 nitrogen and oxygen atoms in total. The minimum atomic E-state index is -4.15. The third-order valence-electron chi connectivity index (χ3n) is 3.89. The molecule has 29 heavy (non-hydrogen) atoms. The lowest BCUT2D eigenvalue weighted by molar-refractivity contribution is 0.598. The van der Waals surface area contributed by atoms with Crippen molar-refractivity contribution in [1.29, 1.82) is 0 Å². The molecule has 0 aromatic heterocycles. The summed E-state index contributed by atoms with van der Waals surface area (Å²) in [6.07, 6.45) is 0. The second-order valence-corrected chi connectivity index (χ2v) is 10.9. The summed E-state index contributed by atoms with van der Waals surface area (Å²) in [6.45, 7) is 0. The largest absolute Gasteiger partial charge is 0.278 e. The molecule has 0 atom stereocenters. The van der Waals surface area contributed by atoms with Crippen LogP contribution in [0.25, 0.3) is 11.1 Å². The molecular weight excluding hydrogens is 523 g/mol. The summed E-state index contributed by atoms with van der Waals surface area (Å²) in [5, 5.41) is 5.92. The zero-order valence-electron chi connectivity index (χ0n) is 14.4. The van der Waals surface area contributed by atoms with Gasteiger partial charge in [-0.05, 0) is 53.6 Å². The first-order chi connectivity index (χ1) is 13.5. The second kappa shape index (κ2) is 8.25. The van der Waals surface area contributed by atoms with E-state index in [1.807, 2.05) is 0 Å². The lowest BCUT2D eigenvalue weighted by Gasteiger charge is -2.13. The maximum atomic E-state index is 12.9. The van der Waals surface area contributed by atoms with Crippen LogP contribution in [0.1, 0.15) is 0 Å². The minimum Gasteiger partial charge on any atom is -0.278 e. The number of rotatable bonds is 5. The van der Waals surface area contributed by atoms with Crippen molar-refractivity contribution in [2.75, 3.05) is 4.72 Å². The third-order valence-corrected chi connectivity index (χ3v) is 7.44. The van der Waals surface area contributed by atoms with E-state index in [2.05, 4.69) is 20.7 Å². The first-order valence-corrected chi connectivity index (χ1v) is 12.5. The molecule has 3 aromatic carbocycles. The number of hydrogen-bond acceptors (Lipinski definition) is 4. The number of primary sulfonamides is 1. The van der Waals surface area contributed by atoms with E-state index in [0.29, 0.717) is 25.6 Å². The monoisotopic (exact) mass is 534 g/mol. The summed E-state index contributed by atoms with van der Waals surface area (Å²) in [6, 6.07) is 15.1. The van der Waals surface area contributed by atoms with Crippen molar-refractivity contribution in [3.05, 3.63) is 75.2 Å². The van der Waals surface area contributed by atoms with Crippen LogP contribution in [0.3, 0.4) is 0 Å². The molecule has 0 saturated heterocycles. The number of halogens is 3. The summed E-state index contributed by atoms with van der Waals surface area (Å²) >= 11 is 15.1. The van der Waals surface area contributed by atoms with Gasteiger partial charge in [-0.15, -0.1) is 0 Å². The Labute approximate surface area is 186 Å². The van der Waals surface area contributed by atoms with E-state index in [4.69, 9.17) is 28.3 Å². The van der Waals surface area contributed by atoms with Crippen LogP contribution in [-0.4, -0.2) is 16.8 Å². The van der Waals surface area contributed by atoms with Crippen LogP contribution in [0.2, 0.25) is 10.0 Å². The number of nitrogens with one attached hydrogen (secondary N) is 1. The molecule has 11 heteroatoms. The summed E-state index contributed by atoms with van der Waals surface area (Å²) in [4.78, 5) is -0.416. The van der Waals surface area contributed by atoms with Crippen molar-refractivity contribution in [3.8, 4) is 11.1 Å². The zero-order chi connectivity index (χ0) is 21.4. The lowest BCUT2D eigenvalue weighted by Crippen LogP contribution is -2.19. The Morgan fingerprint density at radius 3 is 2.17 bits per heavy atom. The zero-order valence-corrected chi connectivity index (χ0v) is 19.2. The summed E-state index contributed by atoms with van der Waals surface area (Å²) in [5.74, 6) is 0. The maximum absolute atomic E-state index is 12.9. The highest BCUT2D eigenvalue weighted by atomic mass is 79.9. The van der Waals surface area contributed by atoms with Crippen LogP contribution in [0, 0.1) is 0 Å². The van der Waals surface area contributed by atoms with Crippen molar-refractivity contribution in [3.63, 3.8) is 0 Å². The topological polar surface area (TPSA) is 106 Å². The van der Waals surface area contributed by atoms with Gasteiger partial charge in [0, 0.05) is 4.47 Å². The molecule has 0 saturated carbocycles. The quantitative estimate of drug-likeness (QED) is 0.486. The number of hydrogen-bond donors (Lipinski definition) is 2. The molecule has 3 aromatic rings. The molecule has 0 aliphatic heterocycles. The van der Waals surface area contributed by atoms with Crippen LogP contribution in [0.5, 0.6) is 0 Å². The number of anilines is 1. The van der Waals surface area contributed by atoms with E-state index in [1.54, 1.807) is 30.3 Å². The molecule has 0 unspecified atom stereocenters. The van der Waals surface area contributed by atoms with Crippen molar-refractivity contribution in [2.45, 2.75) is 9.79 Å². The van der Waals surface area contributed by atoms with Gasteiger partial charge < -0.3 is 0 Å². The van der Waals surface area contributed by atoms with Crippen LogP contribution >= 0.6 is 39.1 Å². The highest BCUT2D eigenvalue weighted by Crippen LogP contribution is 2.31. The highest BCUT2D eigenvalue weighted by molar-refractivity contribution is 9.10. The van der Waals surface area contributed by atoms with Gasteiger partial charge in [0.05, 0.1) is 20.6 Å². The summed E-state index contributed by atoms with van der Waals surface area (Å²) in [7, 11) is -8.26. The lowest BCUT2D eigenvalue weighted by atomic mass is 10.1.